The molecule has 0 spiro atoms. The Morgan fingerprint density at radius 3 is 2.54 bits per heavy atom. The third-order valence-corrected chi connectivity index (χ3v) is 4.93. The molecule has 138 valence electrons. The molecule has 26 heavy (non-hydrogen) atoms. The highest BCUT2D eigenvalue weighted by Crippen LogP contribution is 2.24. The molecule has 0 aliphatic carbocycles. The van der Waals surface area contributed by atoms with Crippen LogP contribution in [-0.4, -0.2) is 48.0 Å². The van der Waals surface area contributed by atoms with Crippen molar-refractivity contribution in [3.05, 3.63) is 53.2 Å². The first kappa shape index (κ1) is 18.2. The predicted octanol–water partition coefficient (Wildman–Crippen LogP) is 3.48. The maximum Gasteiger partial charge on any atom is 0.254 e. The molecule has 0 unspecified atom stereocenters. The Kier molecular flexibility index (Phi) is 5.45. The number of piperazine rings is 1. The van der Waals surface area contributed by atoms with Gasteiger partial charge in [-0.3, -0.25) is 4.79 Å². The first-order chi connectivity index (χ1) is 12.5. The van der Waals surface area contributed by atoms with Crippen LogP contribution in [0.1, 0.15) is 35.3 Å². The van der Waals surface area contributed by atoms with Crippen LogP contribution in [0.15, 0.2) is 36.5 Å². The van der Waals surface area contributed by atoms with Gasteiger partial charge in [-0.25, -0.2) is 4.98 Å². The van der Waals surface area contributed by atoms with Gasteiger partial charge in [0, 0.05) is 49.7 Å². The molecular formula is C21H28N4O. The standard InChI is InChI=1S/C21H28N4O/c1-15(2)23-20-14-18(8-9-22-20)21(26)25-12-10-24(11-13-25)19-7-5-6-16(3)17(19)4/h5-9,14-15H,10-13H2,1-4H3,(H,22,23). The third kappa shape index (κ3) is 3.98. The Hall–Kier alpha value is -2.56. The van der Waals surface area contributed by atoms with Gasteiger partial charge in [0.15, 0.2) is 0 Å². The van der Waals surface area contributed by atoms with Gasteiger partial charge in [0.1, 0.15) is 5.82 Å². The fourth-order valence-electron chi connectivity index (χ4n) is 3.35. The molecule has 3 rings (SSSR count). The largest absolute Gasteiger partial charge is 0.368 e. The van der Waals surface area contributed by atoms with E-state index in [-0.39, 0.29) is 11.9 Å². The summed E-state index contributed by atoms with van der Waals surface area (Å²) in [5.74, 6) is 0.833. The van der Waals surface area contributed by atoms with Crippen molar-refractivity contribution < 1.29 is 4.79 Å². The first-order valence-electron chi connectivity index (χ1n) is 9.28. The molecule has 0 atom stereocenters. The highest BCUT2D eigenvalue weighted by molar-refractivity contribution is 5.95. The molecule has 5 heteroatoms. The van der Waals surface area contributed by atoms with Crippen molar-refractivity contribution in [3.8, 4) is 0 Å². The van der Waals surface area contributed by atoms with E-state index in [2.05, 4.69) is 61.1 Å². The summed E-state index contributed by atoms with van der Waals surface area (Å²) in [6, 6.07) is 10.4. The van der Waals surface area contributed by atoms with Gasteiger partial charge in [-0.05, 0) is 57.0 Å². The van der Waals surface area contributed by atoms with E-state index >= 15 is 0 Å². The molecule has 1 aliphatic rings. The average Bonchev–Trinajstić information content (AvgIpc) is 2.63. The van der Waals surface area contributed by atoms with Gasteiger partial charge in [-0.15, -0.1) is 0 Å². The zero-order chi connectivity index (χ0) is 18.7. The zero-order valence-electron chi connectivity index (χ0n) is 16.1. The van der Waals surface area contributed by atoms with Gasteiger partial charge in [-0.2, -0.15) is 0 Å². The number of nitrogens with one attached hydrogen (secondary N) is 1. The molecule has 0 bridgehead atoms. The van der Waals surface area contributed by atoms with Crippen LogP contribution in [0.5, 0.6) is 0 Å². The lowest BCUT2D eigenvalue weighted by Crippen LogP contribution is -2.49. The summed E-state index contributed by atoms with van der Waals surface area (Å²) in [6.45, 7) is 11.6. The minimum atomic E-state index is 0.0832. The van der Waals surface area contributed by atoms with Crippen LogP contribution >= 0.6 is 0 Å². The second-order valence-corrected chi connectivity index (χ2v) is 7.23. The molecule has 1 aromatic heterocycles. The number of rotatable bonds is 4. The molecule has 1 N–H and O–H groups in total. The summed E-state index contributed by atoms with van der Waals surface area (Å²) in [7, 11) is 0. The van der Waals surface area contributed by atoms with Crippen LogP contribution in [0.4, 0.5) is 11.5 Å². The van der Waals surface area contributed by atoms with E-state index in [0.29, 0.717) is 5.56 Å². The summed E-state index contributed by atoms with van der Waals surface area (Å²) in [4.78, 5) is 21.5. The smallest absolute Gasteiger partial charge is 0.254 e. The van der Waals surface area contributed by atoms with Gasteiger partial charge < -0.3 is 15.1 Å². The van der Waals surface area contributed by atoms with E-state index in [4.69, 9.17) is 0 Å². The number of carbonyl (C=O) groups excluding carboxylic acids is 1. The SMILES string of the molecule is Cc1cccc(N2CCN(C(=O)c3ccnc(NC(C)C)c3)CC2)c1C. The lowest BCUT2D eigenvalue weighted by atomic mass is 10.1. The number of carbonyl (C=O) groups is 1. The molecule has 1 amide bonds. The maximum absolute atomic E-state index is 12.9. The highest BCUT2D eigenvalue weighted by Gasteiger charge is 2.23. The average molecular weight is 352 g/mol. The lowest BCUT2D eigenvalue weighted by Gasteiger charge is -2.37. The Bertz CT molecular complexity index is 779. The second kappa shape index (κ2) is 7.77. The summed E-state index contributed by atoms with van der Waals surface area (Å²) in [6.07, 6.45) is 1.70. The van der Waals surface area contributed by atoms with E-state index in [1.54, 1.807) is 12.3 Å². The number of anilines is 2. The van der Waals surface area contributed by atoms with E-state index in [0.717, 1.165) is 32.0 Å². The van der Waals surface area contributed by atoms with Gasteiger partial charge in [0.25, 0.3) is 5.91 Å². The van der Waals surface area contributed by atoms with Crippen molar-refractivity contribution in [1.82, 2.24) is 9.88 Å². The Morgan fingerprint density at radius 2 is 1.85 bits per heavy atom. The van der Waals surface area contributed by atoms with Crippen LogP contribution in [0.25, 0.3) is 0 Å². The maximum atomic E-state index is 12.9. The summed E-state index contributed by atoms with van der Waals surface area (Å²) >= 11 is 0. The van der Waals surface area contributed by atoms with Crippen LogP contribution in [0.3, 0.4) is 0 Å². The fraction of sp³-hybridized carbons (Fsp3) is 0.429. The minimum Gasteiger partial charge on any atom is -0.368 e. The fourth-order valence-corrected chi connectivity index (χ4v) is 3.35. The van der Waals surface area contributed by atoms with Gasteiger partial charge in [0.2, 0.25) is 0 Å². The third-order valence-electron chi connectivity index (χ3n) is 4.93. The molecule has 2 aromatic rings. The highest BCUT2D eigenvalue weighted by atomic mass is 16.2. The number of hydrogen-bond acceptors (Lipinski definition) is 4. The van der Waals surface area contributed by atoms with Crippen molar-refractivity contribution in [2.24, 2.45) is 0 Å². The minimum absolute atomic E-state index is 0.0832. The number of nitrogens with zero attached hydrogens (tertiary/aromatic N) is 3. The molecule has 0 saturated carbocycles. The molecule has 1 aromatic carbocycles. The monoisotopic (exact) mass is 352 g/mol. The zero-order valence-corrected chi connectivity index (χ0v) is 16.1. The van der Waals surface area contributed by atoms with Crippen LogP contribution in [0.2, 0.25) is 0 Å². The van der Waals surface area contributed by atoms with Gasteiger partial charge in [-0.1, -0.05) is 12.1 Å². The lowest BCUT2D eigenvalue weighted by molar-refractivity contribution is 0.0746. The number of amides is 1. The van der Waals surface area contributed by atoms with Crippen molar-refractivity contribution in [1.29, 1.82) is 0 Å². The topological polar surface area (TPSA) is 48.5 Å². The molecule has 1 fully saturated rings. The normalized spacial score (nSPS) is 14.7. The van der Waals surface area contributed by atoms with Crippen LogP contribution < -0.4 is 10.2 Å². The van der Waals surface area contributed by atoms with Crippen LogP contribution in [-0.2, 0) is 0 Å². The van der Waals surface area contributed by atoms with Gasteiger partial charge in [0.05, 0.1) is 0 Å². The second-order valence-electron chi connectivity index (χ2n) is 7.23. The quantitative estimate of drug-likeness (QED) is 0.915. The molecule has 5 nitrogen and oxygen atoms in total. The first-order valence-corrected chi connectivity index (χ1v) is 9.28. The Balaban J connectivity index is 1.66. The summed E-state index contributed by atoms with van der Waals surface area (Å²) < 4.78 is 0. The van der Waals surface area contributed by atoms with E-state index < -0.39 is 0 Å². The molecular weight excluding hydrogens is 324 g/mol. The molecule has 0 radical (unpaired) electrons. The van der Waals surface area contributed by atoms with Crippen molar-refractivity contribution in [3.63, 3.8) is 0 Å². The molecule has 1 saturated heterocycles. The predicted molar refractivity (Wildman–Crippen MR) is 107 cm³/mol. The van der Waals surface area contributed by atoms with Crippen molar-refractivity contribution in [2.45, 2.75) is 33.7 Å². The number of benzene rings is 1. The van der Waals surface area contributed by atoms with E-state index in [1.165, 1.54) is 16.8 Å². The number of aryl methyl sites for hydroxylation is 1. The van der Waals surface area contributed by atoms with Crippen molar-refractivity contribution in [2.75, 3.05) is 36.4 Å². The Morgan fingerprint density at radius 1 is 1.12 bits per heavy atom. The van der Waals surface area contributed by atoms with Crippen molar-refractivity contribution >= 4 is 17.4 Å². The van der Waals surface area contributed by atoms with E-state index in [9.17, 15) is 4.79 Å². The van der Waals surface area contributed by atoms with Gasteiger partial charge >= 0.3 is 0 Å². The summed E-state index contributed by atoms with van der Waals surface area (Å²) in [5.41, 5.74) is 4.61. The number of pyridine rings is 1. The molecule has 1 aliphatic heterocycles. The van der Waals surface area contributed by atoms with E-state index in [1.807, 2.05) is 11.0 Å². The summed E-state index contributed by atoms with van der Waals surface area (Å²) in [5, 5.41) is 3.25. The Labute approximate surface area is 156 Å². The molecule has 2 heterocycles. The number of aromatic nitrogens is 1. The number of hydrogen-bond donors (Lipinski definition) is 1. The van der Waals surface area contributed by atoms with Crippen LogP contribution in [0, 0.1) is 13.8 Å².